The first-order chi connectivity index (χ1) is 18.5. The number of anilines is 1. The van der Waals surface area contributed by atoms with Crippen LogP contribution in [0.3, 0.4) is 0 Å². The van der Waals surface area contributed by atoms with E-state index in [0.717, 1.165) is 39.3 Å². The third-order valence-corrected chi connectivity index (χ3v) is 9.79. The third-order valence-electron chi connectivity index (χ3n) is 6.17. The Bertz CT molecular complexity index is 1630. The van der Waals surface area contributed by atoms with E-state index in [-0.39, 0.29) is 21.9 Å². The predicted molar refractivity (Wildman–Crippen MR) is 147 cm³/mol. The van der Waals surface area contributed by atoms with Gasteiger partial charge < -0.3 is 19.4 Å². The van der Waals surface area contributed by atoms with Crippen molar-refractivity contribution in [1.82, 2.24) is 4.57 Å². The van der Waals surface area contributed by atoms with Gasteiger partial charge in [-0.15, -0.1) is 11.3 Å². The molecule has 0 aliphatic heterocycles. The molecule has 0 saturated heterocycles. The minimum Gasteiger partial charge on any atom is -0.468 e. The number of aromatic nitrogens is 1. The van der Waals surface area contributed by atoms with Crippen LogP contribution in [0.4, 0.5) is 5.00 Å². The standard InChI is InChI=1S/C25H27N3O8S3/c1-14-8-9-15-18(10-14)37-23(22(15)24(32)36-3)26-19(29)12-39(33,34)13-20(30)27-25-28(11-21(31)35-2)16-6-4-5-7-17(16)38-25/h4-7,14H,8-13H2,1-3H3,(H,26,29). The molecule has 2 amide bonds. The van der Waals surface area contributed by atoms with Gasteiger partial charge in [0.2, 0.25) is 5.91 Å². The fourth-order valence-electron chi connectivity index (χ4n) is 4.35. The van der Waals surface area contributed by atoms with Gasteiger partial charge in [-0.2, -0.15) is 4.99 Å². The zero-order valence-corrected chi connectivity index (χ0v) is 24.0. The van der Waals surface area contributed by atoms with Crippen molar-refractivity contribution in [3.05, 3.63) is 45.1 Å². The number of ether oxygens (including phenoxy) is 2. The summed E-state index contributed by atoms with van der Waals surface area (Å²) in [6.45, 7) is 1.89. The topological polar surface area (TPSA) is 150 Å². The summed E-state index contributed by atoms with van der Waals surface area (Å²) in [4.78, 5) is 54.7. The van der Waals surface area contributed by atoms with E-state index in [1.165, 1.54) is 30.1 Å². The van der Waals surface area contributed by atoms with Crippen LogP contribution in [0.15, 0.2) is 29.3 Å². The second-order valence-electron chi connectivity index (χ2n) is 9.15. The molecule has 1 unspecified atom stereocenters. The number of esters is 2. The Kier molecular flexibility index (Phi) is 8.67. The molecule has 3 aromatic rings. The van der Waals surface area contributed by atoms with E-state index < -0.39 is 45.1 Å². The van der Waals surface area contributed by atoms with Gasteiger partial charge in [0.05, 0.1) is 30.0 Å². The van der Waals surface area contributed by atoms with Crippen molar-refractivity contribution >= 4 is 71.5 Å². The largest absolute Gasteiger partial charge is 0.468 e. The maximum absolute atomic E-state index is 12.7. The number of hydrogen-bond acceptors (Lipinski definition) is 10. The minimum absolute atomic E-state index is 0.132. The Morgan fingerprint density at radius 1 is 1.10 bits per heavy atom. The van der Waals surface area contributed by atoms with Gasteiger partial charge in [-0.3, -0.25) is 14.4 Å². The monoisotopic (exact) mass is 593 g/mol. The Morgan fingerprint density at radius 3 is 2.56 bits per heavy atom. The van der Waals surface area contributed by atoms with Gasteiger partial charge in [0.15, 0.2) is 14.6 Å². The number of nitrogens with zero attached hydrogens (tertiary/aromatic N) is 2. The molecular weight excluding hydrogens is 566 g/mol. The van der Waals surface area contributed by atoms with E-state index in [4.69, 9.17) is 9.47 Å². The van der Waals surface area contributed by atoms with Crippen molar-refractivity contribution in [3.8, 4) is 0 Å². The maximum Gasteiger partial charge on any atom is 0.341 e. The van der Waals surface area contributed by atoms with Gasteiger partial charge in [-0.25, -0.2) is 13.2 Å². The first-order valence-corrected chi connectivity index (χ1v) is 15.4. The van der Waals surface area contributed by atoms with E-state index in [9.17, 15) is 27.6 Å². The van der Waals surface area contributed by atoms with Gasteiger partial charge in [-0.05, 0) is 42.9 Å². The molecule has 1 aromatic carbocycles. The summed E-state index contributed by atoms with van der Waals surface area (Å²) in [5.74, 6) is -4.57. The predicted octanol–water partition coefficient (Wildman–Crippen LogP) is 2.33. The fourth-order valence-corrected chi connectivity index (χ4v) is 7.83. The van der Waals surface area contributed by atoms with Gasteiger partial charge in [-0.1, -0.05) is 30.4 Å². The van der Waals surface area contributed by atoms with Crippen LogP contribution in [0.2, 0.25) is 0 Å². The normalized spacial score (nSPS) is 15.6. The van der Waals surface area contributed by atoms with Crippen molar-refractivity contribution < 1.29 is 37.1 Å². The van der Waals surface area contributed by atoms with E-state index in [1.807, 2.05) is 0 Å². The molecular formula is C25H27N3O8S3. The number of carbonyl (C=O) groups excluding carboxylic acids is 4. The summed E-state index contributed by atoms with van der Waals surface area (Å²) >= 11 is 2.35. The van der Waals surface area contributed by atoms with Crippen molar-refractivity contribution in [1.29, 1.82) is 0 Å². The summed E-state index contributed by atoms with van der Waals surface area (Å²) in [5, 5.41) is 2.78. The number of sulfone groups is 1. The highest BCUT2D eigenvalue weighted by Gasteiger charge is 2.30. The average molecular weight is 594 g/mol. The number of thiazole rings is 1. The van der Waals surface area contributed by atoms with Crippen molar-refractivity contribution in [2.75, 3.05) is 31.0 Å². The van der Waals surface area contributed by atoms with Crippen molar-refractivity contribution in [3.63, 3.8) is 0 Å². The van der Waals surface area contributed by atoms with E-state index >= 15 is 0 Å². The van der Waals surface area contributed by atoms with Crippen LogP contribution in [0, 0.1) is 5.92 Å². The summed E-state index contributed by atoms with van der Waals surface area (Å²) in [6, 6.07) is 7.06. The number of thiophene rings is 1. The van der Waals surface area contributed by atoms with E-state index in [0.29, 0.717) is 17.9 Å². The number of rotatable bonds is 8. The first-order valence-electron chi connectivity index (χ1n) is 12.0. The zero-order chi connectivity index (χ0) is 28.3. The average Bonchev–Trinajstić information content (AvgIpc) is 3.39. The van der Waals surface area contributed by atoms with Crippen molar-refractivity contribution in [2.45, 2.75) is 32.7 Å². The van der Waals surface area contributed by atoms with Gasteiger partial charge in [0.1, 0.15) is 23.1 Å². The van der Waals surface area contributed by atoms with Gasteiger partial charge >= 0.3 is 11.9 Å². The molecule has 0 spiro atoms. The fraction of sp³-hybridized carbons (Fsp3) is 0.400. The molecule has 2 aromatic heterocycles. The van der Waals surface area contributed by atoms with Crippen LogP contribution in [-0.4, -0.2) is 62.5 Å². The summed E-state index contributed by atoms with van der Waals surface area (Å²) < 4.78 is 37.3. The number of para-hydroxylation sites is 1. The molecule has 14 heteroatoms. The van der Waals surface area contributed by atoms with Gasteiger partial charge in [0, 0.05) is 4.88 Å². The van der Waals surface area contributed by atoms with E-state index in [2.05, 4.69) is 17.2 Å². The van der Waals surface area contributed by atoms with Crippen LogP contribution < -0.4 is 10.1 Å². The summed E-state index contributed by atoms with van der Waals surface area (Å²) in [5.41, 5.74) is 1.71. The van der Waals surface area contributed by atoms with Gasteiger partial charge in [0.25, 0.3) is 5.91 Å². The lowest BCUT2D eigenvalue weighted by atomic mass is 9.88. The molecule has 208 valence electrons. The molecule has 0 radical (unpaired) electrons. The molecule has 11 nitrogen and oxygen atoms in total. The number of amides is 2. The number of fused-ring (bicyclic) bond motifs is 2. The molecule has 0 fully saturated rings. The van der Waals surface area contributed by atoms with Crippen molar-refractivity contribution in [2.24, 2.45) is 10.9 Å². The molecule has 39 heavy (non-hydrogen) atoms. The number of methoxy groups -OCH3 is 2. The number of nitrogens with one attached hydrogen (secondary N) is 1. The SMILES string of the molecule is COC(=O)Cn1c(=NC(=O)CS(=O)(=O)CC(=O)Nc2sc3c(c2C(=O)OC)CCC(C)C3)sc2ccccc21. The molecule has 0 saturated carbocycles. The minimum atomic E-state index is -4.20. The Balaban J connectivity index is 1.51. The van der Waals surface area contributed by atoms with Crippen LogP contribution >= 0.6 is 22.7 Å². The summed E-state index contributed by atoms with van der Waals surface area (Å²) in [7, 11) is -1.73. The number of hydrogen-bond donors (Lipinski definition) is 1. The number of carbonyl (C=O) groups is 4. The van der Waals surface area contributed by atoms with Crippen LogP contribution in [0.1, 0.15) is 34.1 Å². The molecule has 0 bridgehead atoms. The first kappa shape index (κ1) is 28.6. The van der Waals surface area contributed by atoms with Crippen LogP contribution in [0.5, 0.6) is 0 Å². The van der Waals surface area contributed by atoms with E-state index in [1.54, 1.807) is 24.3 Å². The Morgan fingerprint density at radius 2 is 1.85 bits per heavy atom. The molecule has 1 aliphatic rings. The summed E-state index contributed by atoms with van der Waals surface area (Å²) in [6.07, 6.45) is 2.30. The molecule has 1 N–H and O–H groups in total. The number of benzene rings is 1. The quantitative estimate of drug-likeness (QED) is 0.391. The Hall–Kier alpha value is -3.36. The lowest BCUT2D eigenvalue weighted by Crippen LogP contribution is -2.29. The lowest BCUT2D eigenvalue weighted by Gasteiger charge is -2.18. The highest BCUT2D eigenvalue weighted by molar-refractivity contribution is 7.92. The maximum atomic E-state index is 12.7. The Labute approximate surface area is 232 Å². The van der Waals surface area contributed by atoms with Crippen LogP contribution in [0.25, 0.3) is 10.2 Å². The molecule has 1 atom stereocenters. The molecule has 2 heterocycles. The second-order valence-corrected chi connectivity index (χ2v) is 13.3. The second kappa shape index (κ2) is 11.8. The highest BCUT2D eigenvalue weighted by Crippen LogP contribution is 2.40. The molecule has 4 rings (SSSR count). The zero-order valence-electron chi connectivity index (χ0n) is 21.5. The van der Waals surface area contributed by atoms with Crippen LogP contribution in [-0.2, 0) is 53.1 Å². The molecule has 1 aliphatic carbocycles. The highest BCUT2D eigenvalue weighted by atomic mass is 32.2. The lowest BCUT2D eigenvalue weighted by molar-refractivity contribution is -0.141. The smallest absolute Gasteiger partial charge is 0.341 e. The third kappa shape index (κ3) is 6.62.